The van der Waals surface area contributed by atoms with Crippen LogP contribution in [-0.4, -0.2) is 32.3 Å². The van der Waals surface area contributed by atoms with Gasteiger partial charge in [-0.2, -0.15) is 8.75 Å². The van der Waals surface area contributed by atoms with Crippen LogP contribution < -0.4 is 5.73 Å². The van der Waals surface area contributed by atoms with Crippen LogP contribution in [0.15, 0.2) is 6.20 Å². The van der Waals surface area contributed by atoms with Gasteiger partial charge in [0.25, 0.3) is 0 Å². The van der Waals surface area contributed by atoms with Crippen LogP contribution in [0.4, 0.5) is 0 Å². The molecule has 78 valence electrons. The lowest BCUT2D eigenvalue weighted by atomic mass is 9.98. The van der Waals surface area contributed by atoms with E-state index in [9.17, 15) is 0 Å². The fraction of sp³-hybridized carbons (Fsp3) is 0.778. The average Bonchev–Trinajstić information content (AvgIpc) is 2.66. The predicted octanol–water partition coefficient (Wildman–Crippen LogP) is 0.850. The highest BCUT2D eigenvalue weighted by molar-refractivity contribution is 6.99. The van der Waals surface area contributed by atoms with Gasteiger partial charge in [-0.1, -0.05) is 0 Å². The summed E-state index contributed by atoms with van der Waals surface area (Å²) in [7, 11) is 0. The van der Waals surface area contributed by atoms with Crippen LogP contribution in [-0.2, 0) is 6.54 Å². The molecule has 1 aromatic rings. The summed E-state index contributed by atoms with van der Waals surface area (Å²) in [5, 5.41) is 0. The molecule has 1 fully saturated rings. The Bertz CT molecular complexity index is 274. The number of rotatable bonds is 2. The molecule has 1 aliphatic heterocycles. The molecule has 2 atom stereocenters. The summed E-state index contributed by atoms with van der Waals surface area (Å²) in [6.07, 6.45) is 4.19. The van der Waals surface area contributed by atoms with Gasteiger partial charge in [0.05, 0.1) is 23.6 Å². The summed E-state index contributed by atoms with van der Waals surface area (Å²) in [6.45, 7) is 4.22. The molecule has 2 N–H and O–H groups in total. The number of aromatic nitrogens is 2. The molecule has 4 nitrogen and oxygen atoms in total. The van der Waals surface area contributed by atoms with E-state index in [1.54, 1.807) is 0 Å². The lowest BCUT2D eigenvalue weighted by Crippen LogP contribution is -2.49. The Balaban J connectivity index is 1.97. The number of nitrogens with two attached hydrogens (primary N) is 1. The van der Waals surface area contributed by atoms with Crippen molar-refractivity contribution in [3.8, 4) is 0 Å². The highest BCUT2D eigenvalue weighted by Gasteiger charge is 2.25. The summed E-state index contributed by atoms with van der Waals surface area (Å²) in [6, 6.07) is 0.779. The molecule has 0 spiro atoms. The van der Waals surface area contributed by atoms with Crippen molar-refractivity contribution in [2.75, 3.05) is 6.54 Å². The van der Waals surface area contributed by atoms with E-state index >= 15 is 0 Å². The number of likely N-dealkylation sites (tertiary alicyclic amines) is 1. The lowest BCUT2D eigenvalue weighted by Gasteiger charge is -2.37. The van der Waals surface area contributed by atoms with Gasteiger partial charge in [-0.15, -0.1) is 0 Å². The van der Waals surface area contributed by atoms with E-state index in [-0.39, 0.29) is 0 Å². The molecule has 2 rings (SSSR count). The minimum absolute atomic E-state index is 0.315. The van der Waals surface area contributed by atoms with E-state index in [2.05, 4.69) is 20.6 Å². The Morgan fingerprint density at radius 3 is 3.29 bits per heavy atom. The van der Waals surface area contributed by atoms with E-state index < -0.39 is 0 Å². The SMILES string of the molecule is CC1C(N)CCCN1Cc1cnsn1. The molecule has 0 saturated carbocycles. The highest BCUT2D eigenvalue weighted by atomic mass is 32.1. The molecule has 0 bridgehead atoms. The van der Waals surface area contributed by atoms with Crippen molar-refractivity contribution in [1.82, 2.24) is 13.6 Å². The smallest absolute Gasteiger partial charge is 0.0883 e. The normalized spacial score (nSPS) is 29.3. The quantitative estimate of drug-likeness (QED) is 0.789. The summed E-state index contributed by atoms with van der Waals surface area (Å²) in [5.41, 5.74) is 7.09. The molecular weight excluding hydrogens is 196 g/mol. The summed E-state index contributed by atoms with van der Waals surface area (Å²) >= 11 is 1.27. The molecule has 1 saturated heterocycles. The standard InChI is InChI=1S/C9H16N4S/c1-7-9(10)3-2-4-13(7)6-8-5-11-14-12-8/h5,7,9H,2-4,6,10H2,1H3. The van der Waals surface area contributed by atoms with E-state index in [0.717, 1.165) is 25.2 Å². The zero-order valence-electron chi connectivity index (χ0n) is 8.39. The van der Waals surface area contributed by atoms with Crippen molar-refractivity contribution in [2.24, 2.45) is 5.73 Å². The third kappa shape index (κ3) is 2.10. The molecule has 0 aliphatic carbocycles. The Kier molecular flexibility index (Phi) is 3.10. The zero-order chi connectivity index (χ0) is 9.97. The van der Waals surface area contributed by atoms with Crippen LogP contribution in [0, 0.1) is 0 Å². The first-order valence-electron chi connectivity index (χ1n) is 5.03. The molecule has 2 unspecified atom stereocenters. The van der Waals surface area contributed by atoms with Gasteiger partial charge in [0.1, 0.15) is 0 Å². The molecule has 1 aromatic heterocycles. The van der Waals surface area contributed by atoms with Crippen molar-refractivity contribution < 1.29 is 0 Å². The van der Waals surface area contributed by atoms with Crippen molar-refractivity contribution in [3.05, 3.63) is 11.9 Å². The first-order valence-corrected chi connectivity index (χ1v) is 5.76. The molecule has 0 radical (unpaired) electrons. The number of nitrogens with zero attached hydrogens (tertiary/aromatic N) is 3. The molecule has 14 heavy (non-hydrogen) atoms. The lowest BCUT2D eigenvalue weighted by molar-refractivity contribution is 0.131. The van der Waals surface area contributed by atoms with Crippen LogP contribution in [0.3, 0.4) is 0 Å². The van der Waals surface area contributed by atoms with Gasteiger partial charge in [-0.05, 0) is 26.3 Å². The monoisotopic (exact) mass is 212 g/mol. The highest BCUT2D eigenvalue weighted by Crippen LogP contribution is 2.17. The number of piperidine rings is 1. The topological polar surface area (TPSA) is 55.0 Å². The van der Waals surface area contributed by atoms with Crippen molar-refractivity contribution in [2.45, 2.75) is 38.4 Å². The van der Waals surface area contributed by atoms with Crippen LogP contribution in [0.1, 0.15) is 25.5 Å². The second kappa shape index (κ2) is 4.33. The number of hydrogen-bond acceptors (Lipinski definition) is 5. The second-order valence-electron chi connectivity index (χ2n) is 3.92. The molecule has 2 heterocycles. The number of hydrogen-bond donors (Lipinski definition) is 1. The summed E-state index contributed by atoms with van der Waals surface area (Å²) in [4.78, 5) is 2.39. The maximum Gasteiger partial charge on any atom is 0.0883 e. The van der Waals surface area contributed by atoms with E-state index in [1.165, 1.54) is 18.1 Å². The van der Waals surface area contributed by atoms with Crippen molar-refractivity contribution in [1.29, 1.82) is 0 Å². The molecule has 0 aromatic carbocycles. The van der Waals surface area contributed by atoms with Gasteiger partial charge in [0, 0.05) is 18.6 Å². The molecular formula is C9H16N4S. The minimum atomic E-state index is 0.315. The second-order valence-corrected chi connectivity index (χ2v) is 4.47. The Labute approximate surface area is 88.4 Å². The van der Waals surface area contributed by atoms with Gasteiger partial charge in [0.15, 0.2) is 0 Å². The average molecular weight is 212 g/mol. The Morgan fingerprint density at radius 2 is 2.57 bits per heavy atom. The van der Waals surface area contributed by atoms with Gasteiger partial charge in [0.2, 0.25) is 0 Å². The summed E-state index contributed by atoms with van der Waals surface area (Å²) in [5.74, 6) is 0. The Hall–Kier alpha value is -0.520. The van der Waals surface area contributed by atoms with Crippen LogP contribution in [0.5, 0.6) is 0 Å². The van der Waals surface area contributed by atoms with Crippen LogP contribution >= 0.6 is 11.7 Å². The zero-order valence-corrected chi connectivity index (χ0v) is 9.20. The van der Waals surface area contributed by atoms with Crippen LogP contribution in [0.2, 0.25) is 0 Å². The first-order chi connectivity index (χ1) is 6.77. The fourth-order valence-corrected chi connectivity index (χ4v) is 2.36. The van der Waals surface area contributed by atoms with Crippen molar-refractivity contribution >= 4 is 11.7 Å². The van der Waals surface area contributed by atoms with Gasteiger partial charge < -0.3 is 5.73 Å². The maximum atomic E-state index is 6.02. The van der Waals surface area contributed by atoms with Crippen molar-refractivity contribution in [3.63, 3.8) is 0 Å². The largest absolute Gasteiger partial charge is 0.326 e. The fourth-order valence-electron chi connectivity index (χ4n) is 1.93. The Morgan fingerprint density at radius 1 is 1.71 bits per heavy atom. The third-order valence-electron chi connectivity index (χ3n) is 2.95. The van der Waals surface area contributed by atoms with E-state index in [1.807, 2.05) is 6.20 Å². The first kappa shape index (κ1) is 10.0. The van der Waals surface area contributed by atoms with E-state index in [0.29, 0.717) is 12.1 Å². The predicted molar refractivity (Wildman–Crippen MR) is 57.0 cm³/mol. The van der Waals surface area contributed by atoms with Gasteiger partial charge in [-0.3, -0.25) is 4.90 Å². The minimum Gasteiger partial charge on any atom is -0.326 e. The van der Waals surface area contributed by atoms with Gasteiger partial charge >= 0.3 is 0 Å². The van der Waals surface area contributed by atoms with Gasteiger partial charge in [-0.25, -0.2) is 0 Å². The molecule has 1 aliphatic rings. The van der Waals surface area contributed by atoms with E-state index in [4.69, 9.17) is 5.73 Å². The molecule has 5 heteroatoms. The maximum absolute atomic E-state index is 6.02. The third-order valence-corrected chi connectivity index (χ3v) is 3.47. The van der Waals surface area contributed by atoms with Crippen LogP contribution in [0.25, 0.3) is 0 Å². The summed E-state index contributed by atoms with van der Waals surface area (Å²) < 4.78 is 8.22. The molecule has 0 amide bonds.